The van der Waals surface area contributed by atoms with E-state index in [1.54, 1.807) is 4.90 Å². The Hall–Kier alpha value is -3.09. The lowest BCUT2D eigenvalue weighted by atomic mass is 9.87. The van der Waals surface area contributed by atoms with Gasteiger partial charge in [0.05, 0.1) is 11.9 Å². The van der Waals surface area contributed by atoms with Crippen molar-refractivity contribution in [2.75, 3.05) is 24.5 Å². The molecule has 0 bridgehead atoms. The summed E-state index contributed by atoms with van der Waals surface area (Å²) in [6.45, 7) is 2.00. The average molecular weight is 535 g/mol. The molecular formula is C24H29F3N8OS. The lowest BCUT2D eigenvalue weighted by molar-refractivity contribution is -0.0671. The van der Waals surface area contributed by atoms with Crippen LogP contribution in [0.25, 0.3) is 21.9 Å². The van der Waals surface area contributed by atoms with E-state index in [0.717, 1.165) is 47.2 Å². The molecule has 0 radical (unpaired) electrons. The van der Waals surface area contributed by atoms with Crippen molar-refractivity contribution in [2.24, 2.45) is 5.92 Å². The number of nitrogens with zero attached hydrogens (tertiary/aromatic N) is 6. The Kier molecular flexibility index (Phi) is 7.15. The Balaban J connectivity index is 1.45. The van der Waals surface area contributed by atoms with Crippen LogP contribution in [0, 0.1) is 16.7 Å². The summed E-state index contributed by atoms with van der Waals surface area (Å²) in [6, 6.07) is 2.01. The quantitative estimate of drug-likeness (QED) is 0.319. The van der Waals surface area contributed by atoms with Gasteiger partial charge in [-0.05, 0) is 31.2 Å². The molecule has 3 aromatic rings. The molecule has 9 nitrogen and oxygen atoms in total. The van der Waals surface area contributed by atoms with Crippen molar-refractivity contribution in [3.05, 3.63) is 16.8 Å². The fraction of sp³-hybridized carbons (Fsp3) is 0.583. The molecule has 0 aromatic carbocycles. The van der Waals surface area contributed by atoms with Gasteiger partial charge in [0.2, 0.25) is 17.6 Å². The van der Waals surface area contributed by atoms with E-state index in [9.17, 15) is 13.2 Å². The van der Waals surface area contributed by atoms with Crippen LogP contribution in [-0.2, 0) is 12.8 Å². The standard InChI is InChI=1S/C24H29F3N8OS/c1-2-6-15-12-16-20(34-9-10-35(17(28)13-34)23(29)24(25,26)27)30-19(31-22(16)37-15)21-33-32-18(36-21)11-14-7-4-3-5-8-14/h12,14,28-29H,2-11,13H2,1H3. The number of piperazine rings is 1. The molecule has 198 valence electrons. The van der Waals surface area contributed by atoms with Gasteiger partial charge >= 0.3 is 6.18 Å². The molecule has 2 N–H and O–H groups in total. The zero-order valence-electron chi connectivity index (χ0n) is 20.6. The van der Waals surface area contributed by atoms with E-state index in [2.05, 4.69) is 17.1 Å². The van der Waals surface area contributed by atoms with E-state index >= 15 is 0 Å². The summed E-state index contributed by atoms with van der Waals surface area (Å²) in [7, 11) is 0. The molecule has 3 aromatic heterocycles. The molecule has 4 heterocycles. The van der Waals surface area contributed by atoms with E-state index in [0.29, 0.717) is 22.5 Å². The maximum absolute atomic E-state index is 13.1. The molecule has 1 aliphatic carbocycles. The summed E-state index contributed by atoms with van der Waals surface area (Å²) in [4.78, 5) is 13.7. The number of nitrogens with one attached hydrogen (secondary N) is 2. The van der Waals surface area contributed by atoms with Gasteiger partial charge in [0, 0.05) is 24.4 Å². The second-order valence-electron chi connectivity index (χ2n) is 9.63. The Morgan fingerprint density at radius 1 is 1.16 bits per heavy atom. The third-order valence-electron chi connectivity index (χ3n) is 6.86. The largest absolute Gasteiger partial charge is 0.449 e. The molecule has 0 atom stereocenters. The van der Waals surface area contributed by atoms with Gasteiger partial charge in [-0.15, -0.1) is 21.5 Å². The maximum atomic E-state index is 13.1. The summed E-state index contributed by atoms with van der Waals surface area (Å²) < 4.78 is 45.2. The number of aryl methyl sites for hydroxylation is 1. The monoisotopic (exact) mass is 534 g/mol. The van der Waals surface area contributed by atoms with E-state index < -0.39 is 12.0 Å². The van der Waals surface area contributed by atoms with Gasteiger partial charge in [-0.3, -0.25) is 10.8 Å². The molecule has 1 saturated carbocycles. The van der Waals surface area contributed by atoms with Gasteiger partial charge < -0.3 is 14.2 Å². The molecule has 13 heteroatoms. The fourth-order valence-electron chi connectivity index (χ4n) is 5.01. The number of rotatable bonds is 6. The van der Waals surface area contributed by atoms with E-state index in [4.69, 9.17) is 25.2 Å². The van der Waals surface area contributed by atoms with Crippen LogP contribution >= 0.6 is 11.3 Å². The minimum absolute atomic E-state index is 0.111. The van der Waals surface area contributed by atoms with Gasteiger partial charge in [0.1, 0.15) is 16.5 Å². The summed E-state index contributed by atoms with van der Waals surface area (Å²) >= 11 is 1.54. The smallest absolute Gasteiger partial charge is 0.418 e. The average Bonchev–Trinajstić information content (AvgIpc) is 3.50. The summed E-state index contributed by atoms with van der Waals surface area (Å²) in [5.74, 6) is 0.271. The SMILES string of the molecule is CCCc1cc2c(N3CCN(C(=N)C(F)(F)F)C(=N)C3)nc(-c3nnc(CC4CCCCC4)o3)nc2s1. The Labute approximate surface area is 216 Å². The van der Waals surface area contributed by atoms with Crippen molar-refractivity contribution in [3.8, 4) is 11.7 Å². The molecule has 2 aliphatic rings. The van der Waals surface area contributed by atoms with Crippen LogP contribution < -0.4 is 4.90 Å². The number of aromatic nitrogens is 4. The lowest BCUT2D eigenvalue weighted by Gasteiger charge is -2.37. The highest BCUT2D eigenvalue weighted by atomic mass is 32.1. The zero-order valence-corrected chi connectivity index (χ0v) is 21.4. The third kappa shape index (κ3) is 5.46. The van der Waals surface area contributed by atoms with Gasteiger partial charge in [-0.25, -0.2) is 9.97 Å². The van der Waals surface area contributed by atoms with E-state index in [1.807, 2.05) is 6.07 Å². The first kappa shape index (κ1) is 25.6. The molecule has 5 rings (SSSR count). The number of thiophene rings is 1. The highest BCUT2D eigenvalue weighted by Crippen LogP contribution is 2.35. The second kappa shape index (κ2) is 10.3. The first-order valence-corrected chi connectivity index (χ1v) is 13.4. The van der Waals surface area contributed by atoms with Crippen LogP contribution in [0.15, 0.2) is 10.5 Å². The maximum Gasteiger partial charge on any atom is 0.449 e. The van der Waals surface area contributed by atoms with Gasteiger partial charge in [0.15, 0.2) is 0 Å². The summed E-state index contributed by atoms with van der Waals surface area (Å²) in [5.41, 5.74) is 0. The molecule has 37 heavy (non-hydrogen) atoms. The third-order valence-corrected chi connectivity index (χ3v) is 7.95. The predicted molar refractivity (Wildman–Crippen MR) is 135 cm³/mol. The minimum atomic E-state index is -4.81. The summed E-state index contributed by atoms with van der Waals surface area (Å²) in [6.07, 6.45) is 3.77. The first-order chi connectivity index (χ1) is 17.7. The van der Waals surface area contributed by atoms with Crippen LogP contribution in [0.2, 0.25) is 0 Å². The summed E-state index contributed by atoms with van der Waals surface area (Å²) in [5, 5.41) is 24.9. The van der Waals surface area contributed by atoms with E-state index in [-0.39, 0.29) is 37.2 Å². The zero-order chi connectivity index (χ0) is 26.2. The van der Waals surface area contributed by atoms with Crippen LogP contribution in [-0.4, -0.2) is 62.5 Å². The number of anilines is 1. The fourth-order valence-corrected chi connectivity index (χ4v) is 6.13. The topological polar surface area (TPSA) is 119 Å². The number of fused-ring (bicyclic) bond motifs is 1. The second-order valence-corrected chi connectivity index (χ2v) is 10.7. The minimum Gasteiger partial charge on any atom is -0.418 e. The van der Waals surface area contributed by atoms with Gasteiger partial charge in [-0.2, -0.15) is 13.2 Å². The first-order valence-electron chi connectivity index (χ1n) is 12.6. The number of amidine groups is 2. The Morgan fingerprint density at radius 3 is 2.65 bits per heavy atom. The Bertz CT molecular complexity index is 1300. The number of alkyl halides is 3. The highest BCUT2D eigenvalue weighted by molar-refractivity contribution is 7.18. The molecular weight excluding hydrogens is 505 g/mol. The van der Waals surface area contributed by atoms with E-state index in [1.165, 1.54) is 30.6 Å². The number of halogens is 3. The Morgan fingerprint density at radius 2 is 1.95 bits per heavy atom. The van der Waals surface area contributed by atoms with Crippen molar-refractivity contribution < 1.29 is 17.6 Å². The van der Waals surface area contributed by atoms with Crippen molar-refractivity contribution in [1.29, 1.82) is 10.8 Å². The molecule has 0 amide bonds. The van der Waals surface area contributed by atoms with Crippen molar-refractivity contribution in [3.63, 3.8) is 0 Å². The van der Waals surface area contributed by atoms with Crippen molar-refractivity contribution in [2.45, 2.75) is 64.5 Å². The van der Waals surface area contributed by atoms with Crippen molar-refractivity contribution in [1.82, 2.24) is 25.1 Å². The van der Waals surface area contributed by atoms with Crippen LogP contribution in [0.3, 0.4) is 0 Å². The highest BCUT2D eigenvalue weighted by Gasteiger charge is 2.41. The van der Waals surface area contributed by atoms with Crippen molar-refractivity contribution >= 4 is 39.0 Å². The molecule has 1 saturated heterocycles. The van der Waals surface area contributed by atoms with Crippen LogP contribution in [0.5, 0.6) is 0 Å². The van der Waals surface area contributed by atoms with Gasteiger partial charge in [0.25, 0.3) is 5.89 Å². The molecule has 1 aliphatic heterocycles. The normalized spacial score (nSPS) is 17.7. The lowest BCUT2D eigenvalue weighted by Crippen LogP contribution is -2.55. The molecule has 2 fully saturated rings. The number of hydrogen-bond acceptors (Lipinski definition) is 9. The number of hydrogen-bond donors (Lipinski definition) is 2. The molecule has 0 spiro atoms. The predicted octanol–water partition coefficient (Wildman–Crippen LogP) is 5.46. The van der Waals surface area contributed by atoms with Crippen LogP contribution in [0.4, 0.5) is 19.0 Å². The van der Waals surface area contributed by atoms with Gasteiger partial charge in [-0.1, -0.05) is 32.6 Å². The van der Waals surface area contributed by atoms with Crippen LogP contribution in [0.1, 0.15) is 56.2 Å². The molecule has 0 unspecified atom stereocenters.